The highest BCUT2D eigenvalue weighted by Crippen LogP contribution is 2.45. The molecule has 1 fully saturated rings. The monoisotopic (exact) mass is 419 g/mol. The molecule has 1 aliphatic rings. The summed E-state index contributed by atoms with van der Waals surface area (Å²) in [7, 11) is 7.93. The summed E-state index contributed by atoms with van der Waals surface area (Å²) in [5, 5.41) is -0.164. The number of amides is 1. The minimum Gasteiger partial charge on any atom is -0.497 e. The number of carbonyl (C=O) groups is 1. The number of hydrogen-bond donors (Lipinski definition) is 0. The fourth-order valence-electron chi connectivity index (χ4n) is 3.33. The van der Waals surface area contributed by atoms with Gasteiger partial charge in [0, 0.05) is 18.2 Å². The first-order valence-electron chi connectivity index (χ1n) is 8.98. The molecule has 3 rings (SSSR count). The molecule has 1 amide bonds. The van der Waals surface area contributed by atoms with Crippen LogP contribution in [0, 0.1) is 0 Å². The van der Waals surface area contributed by atoms with Crippen molar-refractivity contribution in [1.82, 2.24) is 4.90 Å². The van der Waals surface area contributed by atoms with Crippen LogP contribution < -0.4 is 23.7 Å². The summed E-state index contributed by atoms with van der Waals surface area (Å²) in [5.74, 6) is 3.49. The lowest BCUT2D eigenvalue weighted by atomic mass is 10.1. The lowest BCUT2D eigenvalue weighted by Crippen LogP contribution is -2.28. The molecule has 156 valence electrons. The topological polar surface area (TPSA) is 66.5 Å². The van der Waals surface area contributed by atoms with Crippen LogP contribution in [0.15, 0.2) is 30.3 Å². The van der Waals surface area contributed by atoms with E-state index in [0.717, 1.165) is 11.1 Å². The Kier molecular flexibility index (Phi) is 6.64. The molecule has 0 spiro atoms. The first-order valence-corrected chi connectivity index (χ1v) is 10.0. The van der Waals surface area contributed by atoms with Gasteiger partial charge in [-0.1, -0.05) is 0 Å². The molecule has 0 radical (unpaired) electrons. The van der Waals surface area contributed by atoms with Crippen LogP contribution in [0.25, 0.3) is 0 Å². The molecule has 8 heteroatoms. The van der Waals surface area contributed by atoms with E-state index < -0.39 is 0 Å². The van der Waals surface area contributed by atoms with Gasteiger partial charge >= 0.3 is 0 Å². The second-order valence-corrected chi connectivity index (χ2v) is 7.40. The van der Waals surface area contributed by atoms with Crippen LogP contribution >= 0.6 is 11.8 Å². The van der Waals surface area contributed by atoms with Crippen molar-refractivity contribution in [2.75, 3.05) is 41.3 Å². The standard InChI is InChI=1S/C21H25NO6S/c1-24-14-6-7-15(16(10-14)25-2)21-22(19(23)12-29-21)11-13-8-17(26-3)20(28-5)18(9-13)27-4/h6-10,21H,11-12H2,1-5H3. The van der Waals surface area contributed by atoms with Gasteiger partial charge in [-0.3, -0.25) is 4.79 Å². The van der Waals surface area contributed by atoms with E-state index in [0.29, 0.717) is 41.0 Å². The summed E-state index contributed by atoms with van der Waals surface area (Å²) in [6.45, 7) is 0.405. The van der Waals surface area contributed by atoms with Gasteiger partial charge < -0.3 is 28.6 Å². The molecule has 2 aromatic carbocycles. The van der Waals surface area contributed by atoms with E-state index in [1.807, 2.05) is 35.2 Å². The third-order valence-corrected chi connectivity index (χ3v) is 5.99. The van der Waals surface area contributed by atoms with Crippen molar-refractivity contribution < 1.29 is 28.5 Å². The average Bonchev–Trinajstić information content (AvgIpc) is 3.12. The molecule has 0 bridgehead atoms. The Morgan fingerprint density at radius 3 is 2.10 bits per heavy atom. The second kappa shape index (κ2) is 9.17. The Morgan fingerprint density at radius 1 is 0.897 bits per heavy atom. The molecule has 29 heavy (non-hydrogen) atoms. The van der Waals surface area contributed by atoms with Gasteiger partial charge in [-0.2, -0.15) is 0 Å². The van der Waals surface area contributed by atoms with Crippen LogP contribution in [0.2, 0.25) is 0 Å². The van der Waals surface area contributed by atoms with E-state index in [1.165, 1.54) is 0 Å². The number of hydrogen-bond acceptors (Lipinski definition) is 7. The van der Waals surface area contributed by atoms with Gasteiger partial charge in [0.1, 0.15) is 16.9 Å². The molecule has 1 unspecified atom stereocenters. The third-order valence-electron chi connectivity index (χ3n) is 4.75. The van der Waals surface area contributed by atoms with Gasteiger partial charge in [0.05, 0.1) is 41.3 Å². The maximum absolute atomic E-state index is 12.7. The zero-order valence-electron chi connectivity index (χ0n) is 17.2. The predicted molar refractivity (Wildman–Crippen MR) is 111 cm³/mol. The smallest absolute Gasteiger partial charge is 0.234 e. The van der Waals surface area contributed by atoms with E-state index >= 15 is 0 Å². The average molecular weight is 419 g/mol. The Labute approximate surface area is 174 Å². The van der Waals surface area contributed by atoms with E-state index in [2.05, 4.69) is 0 Å². The number of benzene rings is 2. The Bertz CT molecular complexity index is 862. The van der Waals surface area contributed by atoms with Crippen LogP contribution in [0.3, 0.4) is 0 Å². The zero-order valence-corrected chi connectivity index (χ0v) is 18.0. The fraction of sp³-hybridized carbons (Fsp3) is 0.381. The highest BCUT2D eigenvalue weighted by molar-refractivity contribution is 8.00. The van der Waals surface area contributed by atoms with Crippen molar-refractivity contribution in [3.05, 3.63) is 41.5 Å². The summed E-state index contributed by atoms with van der Waals surface area (Å²) >= 11 is 1.57. The first kappa shape index (κ1) is 21.0. The molecule has 0 saturated carbocycles. The Balaban J connectivity index is 1.95. The maximum atomic E-state index is 12.7. The van der Waals surface area contributed by atoms with Gasteiger partial charge in [-0.05, 0) is 29.8 Å². The number of nitrogens with zero attached hydrogens (tertiary/aromatic N) is 1. The molecular weight excluding hydrogens is 394 g/mol. The number of ether oxygens (including phenoxy) is 5. The van der Waals surface area contributed by atoms with Crippen LogP contribution in [-0.2, 0) is 11.3 Å². The SMILES string of the molecule is COc1ccc(C2SCC(=O)N2Cc2cc(OC)c(OC)c(OC)c2)c(OC)c1. The zero-order chi connectivity index (χ0) is 21.0. The predicted octanol–water partition coefficient (Wildman–Crippen LogP) is 3.50. The fourth-order valence-corrected chi connectivity index (χ4v) is 4.54. The van der Waals surface area contributed by atoms with Crippen LogP contribution in [-0.4, -0.2) is 52.1 Å². The van der Waals surface area contributed by atoms with Crippen molar-refractivity contribution in [3.63, 3.8) is 0 Å². The van der Waals surface area contributed by atoms with Crippen molar-refractivity contribution in [2.24, 2.45) is 0 Å². The lowest BCUT2D eigenvalue weighted by molar-refractivity contribution is -0.128. The number of carbonyl (C=O) groups excluding carboxylic acids is 1. The summed E-state index contributed by atoms with van der Waals surface area (Å²) in [4.78, 5) is 14.5. The van der Waals surface area contributed by atoms with Gasteiger partial charge in [0.2, 0.25) is 11.7 Å². The normalized spacial score (nSPS) is 16.0. The second-order valence-electron chi connectivity index (χ2n) is 6.33. The quantitative estimate of drug-likeness (QED) is 0.649. The molecule has 1 saturated heterocycles. The van der Waals surface area contributed by atoms with Crippen LogP contribution in [0.1, 0.15) is 16.5 Å². The minimum atomic E-state index is -0.164. The molecule has 2 aromatic rings. The van der Waals surface area contributed by atoms with Crippen LogP contribution in [0.4, 0.5) is 0 Å². The van der Waals surface area contributed by atoms with E-state index in [1.54, 1.807) is 47.3 Å². The summed E-state index contributed by atoms with van der Waals surface area (Å²) < 4.78 is 27.1. The van der Waals surface area contributed by atoms with Gasteiger partial charge in [-0.25, -0.2) is 0 Å². The van der Waals surface area contributed by atoms with Crippen molar-refractivity contribution in [1.29, 1.82) is 0 Å². The van der Waals surface area contributed by atoms with E-state index in [4.69, 9.17) is 23.7 Å². The summed E-state index contributed by atoms with van der Waals surface area (Å²) in [6, 6.07) is 9.37. The molecule has 0 N–H and O–H groups in total. The summed E-state index contributed by atoms with van der Waals surface area (Å²) in [6.07, 6.45) is 0. The highest BCUT2D eigenvalue weighted by Gasteiger charge is 2.35. The largest absolute Gasteiger partial charge is 0.497 e. The molecule has 7 nitrogen and oxygen atoms in total. The van der Waals surface area contributed by atoms with Gasteiger partial charge in [0.25, 0.3) is 0 Å². The Morgan fingerprint density at radius 2 is 1.55 bits per heavy atom. The molecule has 1 atom stereocenters. The highest BCUT2D eigenvalue weighted by atomic mass is 32.2. The number of methoxy groups -OCH3 is 5. The van der Waals surface area contributed by atoms with Gasteiger partial charge in [0.15, 0.2) is 11.5 Å². The van der Waals surface area contributed by atoms with Crippen molar-refractivity contribution >= 4 is 17.7 Å². The maximum Gasteiger partial charge on any atom is 0.234 e. The molecule has 1 aliphatic heterocycles. The molecule has 0 aliphatic carbocycles. The third kappa shape index (κ3) is 4.17. The van der Waals surface area contributed by atoms with Crippen molar-refractivity contribution in [3.8, 4) is 28.7 Å². The lowest BCUT2D eigenvalue weighted by Gasteiger charge is -2.26. The van der Waals surface area contributed by atoms with E-state index in [9.17, 15) is 4.79 Å². The molecule has 0 aromatic heterocycles. The van der Waals surface area contributed by atoms with Crippen LogP contribution in [0.5, 0.6) is 28.7 Å². The van der Waals surface area contributed by atoms with Crippen molar-refractivity contribution in [2.45, 2.75) is 11.9 Å². The Hall–Kier alpha value is -2.74. The number of thioether (sulfide) groups is 1. The van der Waals surface area contributed by atoms with E-state index in [-0.39, 0.29) is 11.3 Å². The number of rotatable bonds is 8. The first-order chi connectivity index (χ1) is 14.1. The minimum absolute atomic E-state index is 0.0617. The molecule has 1 heterocycles. The molecular formula is C21H25NO6S. The van der Waals surface area contributed by atoms with Gasteiger partial charge in [-0.15, -0.1) is 11.8 Å². The summed E-state index contributed by atoms with van der Waals surface area (Å²) in [5.41, 5.74) is 1.81.